The number of nitrogens with zero attached hydrogens (tertiary/aromatic N) is 1. The van der Waals surface area contributed by atoms with Gasteiger partial charge in [0.25, 0.3) is 0 Å². The molecular weight excluding hydrogens is 164 g/mol. The van der Waals surface area contributed by atoms with E-state index in [1.54, 1.807) is 6.20 Å². The molecule has 0 saturated heterocycles. The number of hydrogen-bond acceptors (Lipinski definition) is 2. The second-order valence-corrected chi connectivity index (χ2v) is 2.88. The maximum atomic E-state index is 11.0. The summed E-state index contributed by atoms with van der Waals surface area (Å²) in [6.45, 7) is 4.35. The van der Waals surface area contributed by atoms with Gasteiger partial charge in [0.2, 0.25) is 5.91 Å². The summed E-state index contributed by atoms with van der Waals surface area (Å²) in [6, 6.07) is 3.85. The number of hydrogen-bond donors (Lipinski definition) is 1. The fourth-order valence-corrected chi connectivity index (χ4v) is 1.02. The Morgan fingerprint density at radius 3 is 3.00 bits per heavy atom. The lowest BCUT2D eigenvalue weighted by Gasteiger charge is -2.05. The van der Waals surface area contributed by atoms with Crippen LogP contribution in [0.3, 0.4) is 0 Å². The molecule has 1 heterocycles. The molecule has 1 N–H and O–H groups in total. The maximum Gasteiger partial charge on any atom is 0.219 e. The summed E-state index contributed by atoms with van der Waals surface area (Å²) >= 11 is 0. The zero-order valence-electron chi connectivity index (χ0n) is 8.00. The molecule has 70 valence electrons. The molecule has 0 aliphatic carbocycles. The number of carbonyl (C=O) groups is 1. The van der Waals surface area contributed by atoms with Crippen molar-refractivity contribution < 1.29 is 4.79 Å². The lowest BCUT2D eigenvalue weighted by molar-refractivity contribution is -0.120. The van der Waals surface area contributed by atoms with Crippen LogP contribution in [0.1, 0.15) is 24.6 Å². The molecule has 0 aromatic carbocycles. The van der Waals surface area contributed by atoms with Gasteiger partial charge in [0, 0.05) is 24.9 Å². The van der Waals surface area contributed by atoms with Crippen molar-refractivity contribution in [3.8, 4) is 0 Å². The van der Waals surface area contributed by atoms with Gasteiger partial charge in [0.05, 0.1) is 0 Å². The molecule has 0 aliphatic heterocycles. The fourth-order valence-electron chi connectivity index (χ4n) is 1.02. The minimum absolute atomic E-state index is 0.0725. The lowest BCUT2D eigenvalue weighted by Crippen LogP contribution is -2.21. The van der Waals surface area contributed by atoms with E-state index in [0.717, 1.165) is 11.3 Å². The first-order valence-corrected chi connectivity index (χ1v) is 4.41. The molecule has 0 fully saturated rings. The van der Waals surface area contributed by atoms with E-state index in [2.05, 4.69) is 10.3 Å². The van der Waals surface area contributed by atoms with Gasteiger partial charge in [-0.3, -0.25) is 9.78 Å². The van der Waals surface area contributed by atoms with Crippen molar-refractivity contribution in [1.29, 1.82) is 0 Å². The Hall–Kier alpha value is -1.38. The number of nitrogens with one attached hydrogen (secondary N) is 1. The maximum absolute atomic E-state index is 11.0. The number of rotatable bonds is 3. The summed E-state index contributed by atoms with van der Waals surface area (Å²) in [6.07, 6.45) is 2.28. The molecule has 1 amide bonds. The summed E-state index contributed by atoms with van der Waals surface area (Å²) in [7, 11) is 0. The standard InChI is InChI=1S/C10H14N2O/c1-3-10(13)12-7-9-5-4-6-11-8(9)2/h4-6H,3,7H2,1-2H3,(H,12,13). The van der Waals surface area contributed by atoms with Gasteiger partial charge in [-0.05, 0) is 18.6 Å². The molecule has 13 heavy (non-hydrogen) atoms. The quantitative estimate of drug-likeness (QED) is 0.760. The van der Waals surface area contributed by atoms with Crippen LogP contribution in [0.4, 0.5) is 0 Å². The number of pyridine rings is 1. The fraction of sp³-hybridized carbons (Fsp3) is 0.400. The normalized spacial score (nSPS) is 9.69. The van der Waals surface area contributed by atoms with Crippen molar-refractivity contribution in [3.63, 3.8) is 0 Å². The number of carbonyl (C=O) groups excluding carboxylic acids is 1. The number of aromatic nitrogens is 1. The second-order valence-electron chi connectivity index (χ2n) is 2.88. The summed E-state index contributed by atoms with van der Waals surface area (Å²) < 4.78 is 0. The summed E-state index contributed by atoms with van der Waals surface area (Å²) in [5.41, 5.74) is 2.04. The lowest BCUT2D eigenvalue weighted by atomic mass is 10.2. The number of amides is 1. The first kappa shape index (κ1) is 9.71. The third kappa shape index (κ3) is 2.86. The monoisotopic (exact) mass is 178 g/mol. The third-order valence-corrected chi connectivity index (χ3v) is 1.91. The molecule has 3 nitrogen and oxygen atoms in total. The topological polar surface area (TPSA) is 42.0 Å². The Bertz CT molecular complexity index is 297. The van der Waals surface area contributed by atoms with E-state index in [1.165, 1.54) is 0 Å². The first-order valence-electron chi connectivity index (χ1n) is 4.41. The van der Waals surface area contributed by atoms with Crippen molar-refractivity contribution in [2.75, 3.05) is 0 Å². The number of aryl methyl sites for hydroxylation is 1. The summed E-state index contributed by atoms with van der Waals surface area (Å²) in [4.78, 5) is 15.1. The van der Waals surface area contributed by atoms with Crippen molar-refractivity contribution in [2.45, 2.75) is 26.8 Å². The average molecular weight is 178 g/mol. The van der Waals surface area contributed by atoms with Gasteiger partial charge in [-0.2, -0.15) is 0 Å². The summed E-state index contributed by atoms with van der Waals surface area (Å²) in [5.74, 6) is 0.0725. The highest BCUT2D eigenvalue weighted by Crippen LogP contribution is 2.02. The van der Waals surface area contributed by atoms with Gasteiger partial charge in [-0.1, -0.05) is 13.0 Å². The van der Waals surface area contributed by atoms with Crippen molar-refractivity contribution in [2.24, 2.45) is 0 Å². The van der Waals surface area contributed by atoms with Crippen LogP contribution in [-0.2, 0) is 11.3 Å². The van der Waals surface area contributed by atoms with Gasteiger partial charge in [-0.25, -0.2) is 0 Å². The van der Waals surface area contributed by atoms with Crippen LogP contribution in [0.5, 0.6) is 0 Å². The van der Waals surface area contributed by atoms with Gasteiger partial charge in [0.1, 0.15) is 0 Å². The van der Waals surface area contributed by atoms with Crippen LogP contribution in [-0.4, -0.2) is 10.9 Å². The molecule has 0 aliphatic rings. The Balaban J connectivity index is 2.54. The Morgan fingerprint density at radius 1 is 1.62 bits per heavy atom. The highest BCUT2D eigenvalue weighted by atomic mass is 16.1. The molecule has 0 bridgehead atoms. The first-order chi connectivity index (χ1) is 6.24. The van der Waals surface area contributed by atoms with Crippen molar-refractivity contribution in [1.82, 2.24) is 10.3 Å². The van der Waals surface area contributed by atoms with E-state index in [0.29, 0.717) is 13.0 Å². The van der Waals surface area contributed by atoms with Crippen molar-refractivity contribution in [3.05, 3.63) is 29.6 Å². The predicted molar refractivity (Wildman–Crippen MR) is 51.1 cm³/mol. The zero-order chi connectivity index (χ0) is 9.68. The molecule has 0 atom stereocenters. The Kier molecular flexibility index (Phi) is 3.43. The Morgan fingerprint density at radius 2 is 2.38 bits per heavy atom. The molecule has 1 aromatic rings. The zero-order valence-corrected chi connectivity index (χ0v) is 8.00. The average Bonchev–Trinajstić information content (AvgIpc) is 2.16. The van der Waals surface area contributed by atoms with E-state index < -0.39 is 0 Å². The molecule has 0 spiro atoms. The van der Waals surface area contributed by atoms with Crippen LogP contribution < -0.4 is 5.32 Å². The van der Waals surface area contributed by atoms with Crippen LogP contribution in [0.2, 0.25) is 0 Å². The van der Waals surface area contributed by atoms with Gasteiger partial charge in [0.15, 0.2) is 0 Å². The molecule has 0 saturated carbocycles. The molecule has 1 rings (SSSR count). The minimum Gasteiger partial charge on any atom is -0.352 e. The Labute approximate surface area is 78.2 Å². The molecule has 0 unspecified atom stereocenters. The van der Waals surface area contributed by atoms with E-state index in [-0.39, 0.29) is 5.91 Å². The van der Waals surface area contributed by atoms with Gasteiger partial charge in [-0.15, -0.1) is 0 Å². The van der Waals surface area contributed by atoms with E-state index in [4.69, 9.17) is 0 Å². The smallest absolute Gasteiger partial charge is 0.219 e. The van der Waals surface area contributed by atoms with Crippen LogP contribution >= 0.6 is 0 Å². The molecule has 3 heteroatoms. The van der Waals surface area contributed by atoms with Gasteiger partial charge < -0.3 is 5.32 Å². The second kappa shape index (κ2) is 4.60. The van der Waals surface area contributed by atoms with Crippen LogP contribution in [0.25, 0.3) is 0 Å². The largest absolute Gasteiger partial charge is 0.352 e. The molecule has 1 aromatic heterocycles. The van der Waals surface area contributed by atoms with E-state index in [1.807, 2.05) is 26.0 Å². The van der Waals surface area contributed by atoms with E-state index >= 15 is 0 Å². The van der Waals surface area contributed by atoms with Crippen LogP contribution in [0, 0.1) is 6.92 Å². The molecule has 0 radical (unpaired) electrons. The van der Waals surface area contributed by atoms with Crippen molar-refractivity contribution >= 4 is 5.91 Å². The minimum atomic E-state index is 0.0725. The highest BCUT2D eigenvalue weighted by molar-refractivity contribution is 5.75. The third-order valence-electron chi connectivity index (χ3n) is 1.91. The van der Waals surface area contributed by atoms with Crippen LogP contribution in [0.15, 0.2) is 18.3 Å². The van der Waals surface area contributed by atoms with E-state index in [9.17, 15) is 4.79 Å². The van der Waals surface area contributed by atoms with Gasteiger partial charge >= 0.3 is 0 Å². The molecular formula is C10H14N2O. The highest BCUT2D eigenvalue weighted by Gasteiger charge is 1.99. The SMILES string of the molecule is CCC(=O)NCc1cccnc1C. The summed E-state index contributed by atoms with van der Waals surface area (Å²) in [5, 5.41) is 2.81. The predicted octanol–water partition coefficient (Wildman–Crippen LogP) is 1.42.